The second-order valence-electron chi connectivity index (χ2n) is 2.79. The van der Waals surface area contributed by atoms with Gasteiger partial charge in [-0.25, -0.2) is 0 Å². The van der Waals surface area contributed by atoms with Gasteiger partial charge in [-0.2, -0.15) is 0 Å². The average Bonchev–Trinajstić information content (AvgIpc) is 2.46. The highest BCUT2D eigenvalue weighted by Crippen LogP contribution is 2.11. The van der Waals surface area contributed by atoms with Gasteiger partial charge in [0.15, 0.2) is 7.28 Å². The third-order valence-corrected chi connectivity index (χ3v) is 2.02. The van der Waals surface area contributed by atoms with E-state index in [2.05, 4.69) is 24.5 Å². The van der Waals surface area contributed by atoms with Gasteiger partial charge in [-0.05, 0) is 12.5 Å². The van der Waals surface area contributed by atoms with E-state index in [0.29, 0.717) is 5.94 Å². The van der Waals surface area contributed by atoms with Crippen LogP contribution in [-0.2, 0) is 0 Å². The number of fused-ring (bicyclic) bond motifs is 1. The molecule has 0 fully saturated rings. The molecule has 1 aliphatic heterocycles. The Morgan fingerprint density at radius 1 is 1.73 bits per heavy atom. The third kappa shape index (κ3) is 1.11. The van der Waals surface area contributed by atoms with Crippen molar-refractivity contribution in [2.75, 3.05) is 5.32 Å². The number of anilines is 1. The van der Waals surface area contributed by atoms with E-state index in [9.17, 15) is 0 Å². The van der Waals surface area contributed by atoms with Gasteiger partial charge in [0, 0.05) is 24.0 Å². The van der Waals surface area contributed by atoms with Crippen LogP contribution in [0.2, 0.25) is 0 Å². The van der Waals surface area contributed by atoms with Crippen LogP contribution < -0.4 is 10.8 Å². The van der Waals surface area contributed by atoms with Gasteiger partial charge in [0.2, 0.25) is 0 Å². The summed E-state index contributed by atoms with van der Waals surface area (Å²) in [7, 11) is 2.25. The fourth-order valence-corrected chi connectivity index (χ4v) is 1.35. The molecule has 0 aliphatic carbocycles. The summed E-state index contributed by atoms with van der Waals surface area (Å²) in [6.07, 6.45) is 4.84. The molecule has 0 amide bonds. The molecule has 1 unspecified atom stereocenters. The molecule has 0 aromatic carbocycles. The van der Waals surface area contributed by atoms with E-state index in [1.54, 1.807) is 0 Å². The van der Waals surface area contributed by atoms with Crippen molar-refractivity contribution in [1.29, 1.82) is 0 Å². The zero-order valence-corrected chi connectivity index (χ0v) is 6.54. The van der Waals surface area contributed by atoms with Gasteiger partial charge < -0.3 is 5.32 Å². The number of nitrogens with one attached hydrogen (secondary N) is 1. The van der Waals surface area contributed by atoms with Crippen LogP contribution >= 0.6 is 0 Å². The SMILES string of the molecule is CCC1[B]c2ccncc2N1. The fourth-order valence-electron chi connectivity index (χ4n) is 1.35. The molecule has 3 heteroatoms. The quantitative estimate of drug-likeness (QED) is 0.584. The molecule has 1 aromatic heterocycles. The minimum absolute atomic E-state index is 0.509. The molecular weight excluding hydrogens is 135 g/mol. The lowest BCUT2D eigenvalue weighted by molar-refractivity contribution is 0.911. The minimum Gasteiger partial charge on any atom is -0.389 e. The maximum absolute atomic E-state index is 4.04. The highest BCUT2D eigenvalue weighted by molar-refractivity contribution is 6.60. The molecule has 55 valence electrons. The Morgan fingerprint density at radius 2 is 2.64 bits per heavy atom. The number of rotatable bonds is 1. The van der Waals surface area contributed by atoms with Crippen LogP contribution in [0.1, 0.15) is 13.3 Å². The lowest BCUT2D eigenvalue weighted by atomic mass is 9.65. The summed E-state index contributed by atoms with van der Waals surface area (Å²) in [6.45, 7) is 2.17. The molecule has 0 saturated carbocycles. The van der Waals surface area contributed by atoms with Gasteiger partial charge >= 0.3 is 0 Å². The van der Waals surface area contributed by atoms with Crippen LogP contribution in [0.3, 0.4) is 0 Å². The van der Waals surface area contributed by atoms with Gasteiger partial charge in [-0.15, -0.1) is 0 Å². The molecule has 0 saturated heterocycles. The van der Waals surface area contributed by atoms with Crippen LogP contribution in [0.25, 0.3) is 0 Å². The number of pyridine rings is 1. The van der Waals surface area contributed by atoms with Crippen molar-refractivity contribution in [3.05, 3.63) is 18.5 Å². The topological polar surface area (TPSA) is 24.9 Å². The van der Waals surface area contributed by atoms with Crippen LogP contribution in [0.15, 0.2) is 18.5 Å². The van der Waals surface area contributed by atoms with E-state index in [0.717, 1.165) is 6.42 Å². The van der Waals surface area contributed by atoms with E-state index in [1.807, 2.05) is 18.5 Å². The van der Waals surface area contributed by atoms with Crippen LogP contribution in [-0.4, -0.2) is 18.2 Å². The first kappa shape index (κ1) is 6.71. The van der Waals surface area contributed by atoms with Crippen molar-refractivity contribution in [1.82, 2.24) is 4.98 Å². The first-order chi connectivity index (χ1) is 5.40. The Labute approximate surface area is 67.3 Å². The normalized spacial score (nSPS) is 20.3. The summed E-state index contributed by atoms with van der Waals surface area (Å²) in [5, 5.41) is 3.37. The van der Waals surface area contributed by atoms with Crippen molar-refractivity contribution in [2.24, 2.45) is 0 Å². The largest absolute Gasteiger partial charge is 0.389 e. The molecule has 1 radical (unpaired) electrons. The molecule has 2 heterocycles. The highest BCUT2D eigenvalue weighted by Gasteiger charge is 2.19. The number of aromatic nitrogens is 1. The Kier molecular flexibility index (Phi) is 1.57. The average molecular weight is 145 g/mol. The summed E-state index contributed by atoms with van der Waals surface area (Å²) in [5.74, 6) is 0.509. The molecule has 0 spiro atoms. The molecule has 1 aromatic rings. The fraction of sp³-hybridized carbons (Fsp3) is 0.375. The lowest BCUT2D eigenvalue weighted by Gasteiger charge is -2.05. The van der Waals surface area contributed by atoms with Gasteiger partial charge in [0.05, 0.1) is 0 Å². The van der Waals surface area contributed by atoms with Gasteiger partial charge in [0.25, 0.3) is 0 Å². The first-order valence-electron chi connectivity index (χ1n) is 3.95. The Balaban J connectivity index is 2.27. The standard InChI is InChI=1S/C8H10BN2/c1-2-8-9-6-3-4-10-5-7(6)11-8/h3-5,8,11H,2H2,1H3. The van der Waals surface area contributed by atoms with E-state index < -0.39 is 0 Å². The smallest absolute Gasteiger partial charge is 0.183 e. The van der Waals surface area contributed by atoms with Crippen molar-refractivity contribution < 1.29 is 0 Å². The summed E-state index contributed by atoms with van der Waals surface area (Å²) >= 11 is 0. The van der Waals surface area contributed by atoms with Crippen LogP contribution in [0, 0.1) is 0 Å². The highest BCUT2D eigenvalue weighted by atomic mass is 14.9. The van der Waals surface area contributed by atoms with E-state index >= 15 is 0 Å². The number of hydrogen-bond acceptors (Lipinski definition) is 2. The van der Waals surface area contributed by atoms with Gasteiger partial charge in [-0.3, -0.25) is 4.98 Å². The van der Waals surface area contributed by atoms with Crippen molar-refractivity contribution in [3.8, 4) is 0 Å². The zero-order chi connectivity index (χ0) is 7.68. The molecule has 2 rings (SSSR count). The second-order valence-corrected chi connectivity index (χ2v) is 2.79. The maximum Gasteiger partial charge on any atom is 0.183 e. The minimum atomic E-state index is 0.509. The molecular formula is C8H10BN2. The Hall–Kier alpha value is -0.985. The predicted octanol–water partition coefficient (Wildman–Crippen LogP) is 0.573. The predicted molar refractivity (Wildman–Crippen MR) is 47.3 cm³/mol. The van der Waals surface area contributed by atoms with Gasteiger partial charge in [-0.1, -0.05) is 12.4 Å². The van der Waals surface area contributed by atoms with E-state index in [4.69, 9.17) is 0 Å². The summed E-state index contributed by atoms with van der Waals surface area (Å²) in [6, 6.07) is 2.04. The van der Waals surface area contributed by atoms with E-state index in [1.165, 1.54) is 11.2 Å². The number of hydrogen-bond donors (Lipinski definition) is 1. The van der Waals surface area contributed by atoms with Crippen LogP contribution in [0.5, 0.6) is 0 Å². The van der Waals surface area contributed by atoms with Crippen molar-refractivity contribution >= 4 is 18.4 Å². The molecule has 2 nitrogen and oxygen atoms in total. The van der Waals surface area contributed by atoms with Crippen LogP contribution in [0.4, 0.5) is 5.69 Å². The summed E-state index contributed by atoms with van der Waals surface area (Å²) in [4.78, 5) is 4.04. The summed E-state index contributed by atoms with van der Waals surface area (Å²) < 4.78 is 0. The van der Waals surface area contributed by atoms with E-state index in [-0.39, 0.29) is 0 Å². The molecule has 1 aliphatic rings. The first-order valence-corrected chi connectivity index (χ1v) is 3.95. The van der Waals surface area contributed by atoms with Gasteiger partial charge in [0.1, 0.15) is 0 Å². The van der Waals surface area contributed by atoms with Crippen molar-refractivity contribution in [3.63, 3.8) is 0 Å². The number of nitrogens with zero attached hydrogens (tertiary/aromatic N) is 1. The molecule has 0 bridgehead atoms. The molecule has 11 heavy (non-hydrogen) atoms. The monoisotopic (exact) mass is 145 g/mol. The molecule has 1 atom stereocenters. The third-order valence-electron chi connectivity index (χ3n) is 2.02. The lowest BCUT2D eigenvalue weighted by Crippen LogP contribution is -2.22. The molecule has 1 N–H and O–H groups in total. The Bertz CT molecular complexity index is 237. The zero-order valence-electron chi connectivity index (χ0n) is 6.54. The second kappa shape index (κ2) is 2.57. The summed E-state index contributed by atoms with van der Waals surface area (Å²) in [5.41, 5.74) is 2.45. The Morgan fingerprint density at radius 3 is 3.36 bits per heavy atom. The maximum atomic E-state index is 4.04. The van der Waals surface area contributed by atoms with Crippen molar-refractivity contribution in [2.45, 2.75) is 19.3 Å².